The first kappa shape index (κ1) is 18.4. The summed E-state index contributed by atoms with van der Waals surface area (Å²) in [6.45, 7) is 1.99. The molecule has 3 heterocycles. The van der Waals surface area contributed by atoms with Crippen LogP contribution in [0.2, 0.25) is 0 Å². The van der Waals surface area contributed by atoms with Crippen molar-refractivity contribution < 1.29 is 18.8 Å². The Morgan fingerprint density at radius 3 is 2.90 bits per heavy atom. The van der Waals surface area contributed by atoms with E-state index in [9.17, 15) is 14.4 Å². The van der Waals surface area contributed by atoms with Crippen LogP contribution < -0.4 is 5.32 Å². The van der Waals surface area contributed by atoms with Gasteiger partial charge in [-0.05, 0) is 62.6 Å². The van der Waals surface area contributed by atoms with Crippen LogP contribution in [-0.2, 0) is 28.1 Å². The Bertz CT molecular complexity index is 992. The fourth-order valence-electron chi connectivity index (χ4n) is 4.46. The van der Waals surface area contributed by atoms with Crippen LogP contribution in [0.3, 0.4) is 0 Å². The van der Waals surface area contributed by atoms with Gasteiger partial charge >= 0.3 is 6.03 Å². The van der Waals surface area contributed by atoms with Crippen molar-refractivity contribution in [2.75, 3.05) is 6.54 Å². The summed E-state index contributed by atoms with van der Waals surface area (Å²) in [6, 6.07) is 5.33. The van der Waals surface area contributed by atoms with Gasteiger partial charge in [-0.1, -0.05) is 0 Å². The lowest BCUT2D eigenvalue weighted by Gasteiger charge is -2.31. The zero-order valence-corrected chi connectivity index (χ0v) is 17.1. The van der Waals surface area contributed by atoms with E-state index in [2.05, 4.69) is 5.32 Å². The molecule has 4 amide bonds. The highest BCUT2D eigenvalue weighted by atomic mass is 32.1. The number of carbonyl (C=O) groups is 3. The number of hydrogen-bond acceptors (Lipinski definition) is 5. The molecule has 1 aliphatic heterocycles. The average molecular weight is 413 g/mol. The van der Waals surface area contributed by atoms with E-state index in [0.717, 1.165) is 46.8 Å². The van der Waals surface area contributed by atoms with Crippen molar-refractivity contribution in [3.63, 3.8) is 0 Å². The largest absolute Gasteiger partial charge is 0.464 e. The molecule has 1 atom stereocenters. The number of hydrogen-bond donors (Lipinski definition) is 1. The molecule has 8 heteroatoms. The van der Waals surface area contributed by atoms with Crippen LogP contribution in [0.1, 0.15) is 47.6 Å². The van der Waals surface area contributed by atoms with Crippen molar-refractivity contribution in [3.8, 4) is 0 Å². The van der Waals surface area contributed by atoms with Gasteiger partial charge in [0.05, 0.1) is 6.54 Å². The molecular weight excluding hydrogens is 390 g/mol. The molecule has 152 valence electrons. The molecule has 2 aliphatic carbocycles. The molecule has 1 N–H and O–H groups in total. The third-order valence-corrected chi connectivity index (χ3v) is 7.04. The zero-order valence-electron chi connectivity index (χ0n) is 16.3. The van der Waals surface area contributed by atoms with Crippen molar-refractivity contribution in [2.24, 2.45) is 0 Å². The SMILES string of the molecule is Cc1ccc(CN(C(=O)CN2C(=O)NC3(CCCc4sccc43)C2=O)C2CC2)o1. The number of nitrogens with zero attached hydrogens (tertiary/aromatic N) is 2. The van der Waals surface area contributed by atoms with E-state index >= 15 is 0 Å². The average Bonchev–Trinajstić information content (AvgIpc) is 3.18. The Kier molecular flexibility index (Phi) is 4.27. The normalized spacial score (nSPS) is 23.4. The molecule has 3 aliphatic rings. The first-order valence-corrected chi connectivity index (χ1v) is 10.9. The quantitative estimate of drug-likeness (QED) is 0.764. The van der Waals surface area contributed by atoms with E-state index in [1.165, 1.54) is 0 Å². The molecule has 1 saturated carbocycles. The highest BCUT2D eigenvalue weighted by molar-refractivity contribution is 7.10. The summed E-state index contributed by atoms with van der Waals surface area (Å²) in [7, 11) is 0. The standard InChI is InChI=1S/C21H23N3O4S/c1-13-4-7-15(28-13)11-23(14-5-6-14)18(25)12-24-19(26)21(22-20(24)27)9-2-3-17-16(21)8-10-29-17/h4,7-8,10,14H,2-3,5-6,9,11-12H2,1H3,(H,22,27). The number of carbonyl (C=O) groups excluding carboxylic acids is 3. The Hall–Kier alpha value is -2.61. The van der Waals surface area contributed by atoms with E-state index in [1.807, 2.05) is 30.5 Å². The molecule has 7 nitrogen and oxygen atoms in total. The summed E-state index contributed by atoms with van der Waals surface area (Å²) in [5.74, 6) is 0.984. The van der Waals surface area contributed by atoms with E-state index in [-0.39, 0.29) is 24.4 Å². The van der Waals surface area contributed by atoms with Gasteiger partial charge in [-0.3, -0.25) is 14.5 Å². The van der Waals surface area contributed by atoms with Gasteiger partial charge in [0.25, 0.3) is 5.91 Å². The third-order valence-electron chi connectivity index (χ3n) is 6.06. The molecule has 0 radical (unpaired) electrons. The summed E-state index contributed by atoms with van der Waals surface area (Å²) >= 11 is 1.62. The number of imide groups is 1. The van der Waals surface area contributed by atoms with E-state index in [1.54, 1.807) is 16.2 Å². The number of fused-ring (bicyclic) bond motifs is 2. The molecule has 0 aromatic carbocycles. The van der Waals surface area contributed by atoms with Crippen molar-refractivity contribution in [3.05, 3.63) is 45.5 Å². The fourth-order valence-corrected chi connectivity index (χ4v) is 5.46. The van der Waals surface area contributed by atoms with Gasteiger partial charge in [0.15, 0.2) is 0 Å². The van der Waals surface area contributed by atoms with Crippen LogP contribution >= 0.6 is 11.3 Å². The van der Waals surface area contributed by atoms with Crippen LogP contribution in [0.4, 0.5) is 4.79 Å². The maximum atomic E-state index is 13.3. The molecule has 0 bridgehead atoms. The highest BCUT2D eigenvalue weighted by Gasteiger charge is 2.55. The molecule has 2 aromatic rings. The minimum atomic E-state index is -1.01. The van der Waals surface area contributed by atoms with E-state index < -0.39 is 11.6 Å². The van der Waals surface area contributed by atoms with Gasteiger partial charge in [0.2, 0.25) is 5.91 Å². The number of amides is 4. The fraction of sp³-hybridized carbons (Fsp3) is 0.476. The molecule has 5 rings (SSSR count). The van der Waals surface area contributed by atoms with Gasteiger partial charge in [-0.2, -0.15) is 0 Å². The van der Waals surface area contributed by atoms with Crippen LogP contribution in [0, 0.1) is 6.92 Å². The van der Waals surface area contributed by atoms with Crippen LogP contribution in [0.5, 0.6) is 0 Å². The predicted octanol–water partition coefficient (Wildman–Crippen LogP) is 2.92. The summed E-state index contributed by atoms with van der Waals surface area (Å²) < 4.78 is 5.62. The number of aryl methyl sites for hydroxylation is 2. The second kappa shape index (κ2) is 6.73. The summed E-state index contributed by atoms with van der Waals surface area (Å²) in [5.41, 5.74) is -0.111. The first-order valence-electron chi connectivity index (χ1n) is 10.0. The second-order valence-corrected chi connectivity index (χ2v) is 9.10. The molecule has 2 fully saturated rings. The first-order chi connectivity index (χ1) is 14.0. The third kappa shape index (κ3) is 3.06. The van der Waals surface area contributed by atoms with Gasteiger partial charge in [0, 0.05) is 16.5 Å². The summed E-state index contributed by atoms with van der Waals surface area (Å²) in [4.78, 5) is 43.1. The Labute approximate surface area is 172 Å². The molecule has 1 saturated heterocycles. The zero-order chi connectivity index (χ0) is 20.2. The van der Waals surface area contributed by atoms with Gasteiger partial charge in [0.1, 0.15) is 23.6 Å². The summed E-state index contributed by atoms with van der Waals surface area (Å²) in [6.07, 6.45) is 4.22. The van der Waals surface area contributed by atoms with Crippen LogP contribution in [-0.4, -0.2) is 40.2 Å². The Morgan fingerprint density at radius 1 is 1.34 bits per heavy atom. The molecule has 1 spiro atoms. The summed E-state index contributed by atoms with van der Waals surface area (Å²) in [5, 5.41) is 4.87. The van der Waals surface area contributed by atoms with Gasteiger partial charge in [-0.15, -0.1) is 11.3 Å². The van der Waals surface area contributed by atoms with Crippen molar-refractivity contribution in [1.29, 1.82) is 0 Å². The Morgan fingerprint density at radius 2 is 2.17 bits per heavy atom. The molecule has 29 heavy (non-hydrogen) atoms. The minimum Gasteiger partial charge on any atom is -0.464 e. The van der Waals surface area contributed by atoms with E-state index in [4.69, 9.17) is 4.42 Å². The van der Waals surface area contributed by atoms with Crippen molar-refractivity contribution >= 4 is 29.2 Å². The molecule has 2 aromatic heterocycles. The lowest BCUT2D eigenvalue weighted by Crippen LogP contribution is -2.47. The lowest BCUT2D eigenvalue weighted by molar-refractivity contribution is -0.140. The number of urea groups is 1. The second-order valence-electron chi connectivity index (χ2n) is 8.10. The van der Waals surface area contributed by atoms with Gasteiger partial charge in [-0.25, -0.2) is 4.79 Å². The van der Waals surface area contributed by atoms with Crippen LogP contribution in [0.15, 0.2) is 28.0 Å². The van der Waals surface area contributed by atoms with Crippen LogP contribution in [0.25, 0.3) is 0 Å². The molecule has 1 unspecified atom stereocenters. The van der Waals surface area contributed by atoms with Crippen molar-refractivity contribution in [1.82, 2.24) is 15.1 Å². The number of nitrogens with one attached hydrogen (secondary N) is 1. The number of thiophene rings is 1. The smallest absolute Gasteiger partial charge is 0.325 e. The Balaban J connectivity index is 1.35. The van der Waals surface area contributed by atoms with E-state index in [0.29, 0.717) is 18.7 Å². The number of rotatable bonds is 5. The van der Waals surface area contributed by atoms with Crippen molar-refractivity contribution in [2.45, 2.75) is 57.2 Å². The highest BCUT2D eigenvalue weighted by Crippen LogP contribution is 2.42. The van der Waals surface area contributed by atoms with Gasteiger partial charge < -0.3 is 14.6 Å². The maximum Gasteiger partial charge on any atom is 0.325 e. The topological polar surface area (TPSA) is 82.9 Å². The molecular formula is C21H23N3O4S. The maximum absolute atomic E-state index is 13.3. The number of furan rings is 1. The minimum absolute atomic E-state index is 0.154. The lowest BCUT2D eigenvalue weighted by atomic mass is 9.80. The predicted molar refractivity (Wildman–Crippen MR) is 106 cm³/mol. The monoisotopic (exact) mass is 413 g/mol.